The van der Waals surface area contributed by atoms with Crippen LogP contribution in [0.3, 0.4) is 0 Å². The van der Waals surface area contributed by atoms with E-state index in [1.54, 1.807) is 6.92 Å². The van der Waals surface area contributed by atoms with E-state index in [1.165, 1.54) is 0 Å². The Bertz CT molecular complexity index is 236. The SMILES string of the molecule is Cc1cc(C[C@@H](C)O)c(C)o1. The number of rotatable bonds is 2. The minimum atomic E-state index is -0.286. The van der Waals surface area contributed by atoms with Gasteiger partial charge in [0.15, 0.2) is 0 Å². The first kappa shape index (κ1) is 8.34. The van der Waals surface area contributed by atoms with E-state index in [2.05, 4.69) is 0 Å². The Labute approximate surface area is 66.8 Å². The smallest absolute Gasteiger partial charge is 0.104 e. The second-order valence-corrected chi connectivity index (χ2v) is 2.99. The van der Waals surface area contributed by atoms with Crippen LogP contribution in [0.2, 0.25) is 0 Å². The molecule has 1 aromatic heterocycles. The first-order chi connectivity index (χ1) is 5.09. The molecule has 1 N–H and O–H groups in total. The monoisotopic (exact) mass is 154 g/mol. The molecule has 0 unspecified atom stereocenters. The van der Waals surface area contributed by atoms with Crippen LogP contribution in [0.4, 0.5) is 0 Å². The van der Waals surface area contributed by atoms with Crippen LogP contribution in [0.15, 0.2) is 10.5 Å². The Hall–Kier alpha value is -0.760. The molecular formula is C9H14O2. The van der Waals surface area contributed by atoms with Crippen LogP contribution in [0.1, 0.15) is 24.0 Å². The van der Waals surface area contributed by atoms with E-state index < -0.39 is 0 Å². The minimum Gasteiger partial charge on any atom is -0.466 e. The lowest BCUT2D eigenvalue weighted by molar-refractivity contribution is 0.195. The van der Waals surface area contributed by atoms with E-state index >= 15 is 0 Å². The number of aryl methyl sites for hydroxylation is 2. The molecule has 0 saturated heterocycles. The first-order valence-electron chi connectivity index (χ1n) is 3.83. The Balaban J connectivity index is 2.77. The van der Waals surface area contributed by atoms with Crippen LogP contribution in [0.5, 0.6) is 0 Å². The lowest BCUT2D eigenvalue weighted by atomic mass is 10.1. The van der Waals surface area contributed by atoms with Crippen LogP contribution in [-0.2, 0) is 6.42 Å². The summed E-state index contributed by atoms with van der Waals surface area (Å²) in [5.41, 5.74) is 1.11. The van der Waals surface area contributed by atoms with Gasteiger partial charge < -0.3 is 9.52 Å². The van der Waals surface area contributed by atoms with Gasteiger partial charge in [-0.05, 0) is 32.4 Å². The highest BCUT2D eigenvalue weighted by Crippen LogP contribution is 2.15. The zero-order valence-corrected chi connectivity index (χ0v) is 7.22. The van der Waals surface area contributed by atoms with Gasteiger partial charge in [0.05, 0.1) is 6.10 Å². The lowest BCUT2D eigenvalue weighted by Gasteiger charge is -2.00. The number of hydrogen-bond acceptors (Lipinski definition) is 2. The molecule has 0 aliphatic carbocycles. The van der Waals surface area contributed by atoms with E-state index in [-0.39, 0.29) is 6.10 Å². The molecule has 11 heavy (non-hydrogen) atoms. The van der Waals surface area contributed by atoms with Gasteiger partial charge in [0, 0.05) is 6.42 Å². The van der Waals surface area contributed by atoms with Crippen molar-refractivity contribution in [3.63, 3.8) is 0 Å². The topological polar surface area (TPSA) is 33.4 Å². The average Bonchev–Trinajstić information content (AvgIpc) is 2.09. The van der Waals surface area contributed by atoms with Crippen molar-refractivity contribution < 1.29 is 9.52 Å². The van der Waals surface area contributed by atoms with Crippen LogP contribution < -0.4 is 0 Å². The molecule has 1 atom stereocenters. The summed E-state index contributed by atoms with van der Waals surface area (Å²) in [5.74, 6) is 1.83. The first-order valence-corrected chi connectivity index (χ1v) is 3.83. The summed E-state index contributed by atoms with van der Waals surface area (Å²) in [6.45, 7) is 5.62. The molecule has 0 aliphatic heterocycles. The highest BCUT2D eigenvalue weighted by Gasteiger charge is 2.06. The van der Waals surface area contributed by atoms with Crippen molar-refractivity contribution in [1.29, 1.82) is 0 Å². The fourth-order valence-corrected chi connectivity index (χ4v) is 1.20. The Morgan fingerprint density at radius 1 is 1.55 bits per heavy atom. The third-order valence-corrected chi connectivity index (χ3v) is 1.66. The van der Waals surface area contributed by atoms with Crippen molar-refractivity contribution in [3.8, 4) is 0 Å². The van der Waals surface area contributed by atoms with Crippen molar-refractivity contribution in [2.24, 2.45) is 0 Å². The van der Waals surface area contributed by atoms with Gasteiger partial charge in [-0.3, -0.25) is 0 Å². The molecule has 0 aliphatic rings. The molecular weight excluding hydrogens is 140 g/mol. The number of furan rings is 1. The molecule has 0 fully saturated rings. The maximum atomic E-state index is 9.10. The molecule has 0 amide bonds. The largest absolute Gasteiger partial charge is 0.466 e. The van der Waals surface area contributed by atoms with Gasteiger partial charge in [-0.2, -0.15) is 0 Å². The van der Waals surface area contributed by atoms with E-state index in [9.17, 15) is 0 Å². The quantitative estimate of drug-likeness (QED) is 0.704. The van der Waals surface area contributed by atoms with Crippen molar-refractivity contribution >= 4 is 0 Å². The van der Waals surface area contributed by atoms with Crippen molar-refractivity contribution in [1.82, 2.24) is 0 Å². The summed E-state index contributed by atoms with van der Waals surface area (Å²) < 4.78 is 5.30. The second-order valence-electron chi connectivity index (χ2n) is 2.99. The van der Waals surface area contributed by atoms with Crippen molar-refractivity contribution in [2.45, 2.75) is 33.3 Å². The molecule has 2 nitrogen and oxygen atoms in total. The summed E-state index contributed by atoms with van der Waals surface area (Å²) >= 11 is 0. The normalized spacial score (nSPS) is 13.5. The number of hydrogen-bond donors (Lipinski definition) is 1. The summed E-state index contributed by atoms with van der Waals surface area (Å²) in [7, 11) is 0. The van der Waals surface area contributed by atoms with Crippen LogP contribution >= 0.6 is 0 Å². The molecule has 0 radical (unpaired) electrons. The average molecular weight is 154 g/mol. The predicted octanol–water partition coefficient (Wildman–Crippen LogP) is 1.82. The molecule has 0 bridgehead atoms. The standard InChI is InChI=1S/C9H14O2/c1-6(10)4-9-5-7(2)11-8(9)3/h5-6,10H,4H2,1-3H3/t6-/m1/s1. The van der Waals surface area contributed by atoms with Gasteiger partial charge in [0.25, 0.3) is 0 Å². The molecule has 0 aromatic carbocycles. The third-order valence-electron chi connectivity index (χ3n) is 1.66. The second kappa shape index (κ2) is 3.09. The zero-order valence-electron chi connectivity index (χ0n) is 7.22. The Morgan fingerprint density at radius 2 is 2.18 bits per heavy atom. The van der Waals surface area contributed by atoms with Gasteiger partial charge in [-0.25, -0.2) is 0 Å². The predicted molar refractivity (Wildman–Crippen MR) is 43.6 cm³/mol. The Morgan fingerprint density at radius 3 is 2.55 bits per heavy atom. The molecule has 1 rings (SSSR count). The van der Waals surface area contributed by atoms with E-state index in [4.69, 9.17) is 9.52 Å². The summed E-state index contributed by atoms with van der Waals surface area (Å²) in [6.07, 6.45) is 0.397. The highest BCUT2D eigenvalue weighted by atomic mass is 16.3. The van der Waals surface area contributed by atoms with Gasteiger partial charge in [0.2, 0.25) is 0 Å². The number of aliphatic hydroxyl groups is 1. The van der Waals surface area contributed by atoms with E-state index in [0.717, 1.165) is 17.1 Å². The summed E-state index contributed by atoms with van der Waals surface area (Å²) in [5, 5.41) is 9.10. The van der Waals surface area contributed by atoms with Crippen molar-refractivity contribution in [2.75, 3.05) is 0 Å². The van der Waals surface area contributed by atoms with Crippen molar-refractivity contribution in [3.05, 3.63) is 23.2 Å². The maximum absolute atomic E-state index is 9.10. The molecule has 0 saturated carbocycles. The van der Waals surface area contributed by atoms with Crippen LogP contribution in [-0.4, -0.2) is 11.2 Å². The minimum absolute atomic E-state index is 0.286. The fourth-order valence-electron chi connectivity index (χ4n) is 1.20. The number of aliphatic hydroxyl groups excluding tert-OH is 1. The van der Waals surface area contributed by atoms with E-state index in [0.29, 0.717) is 6.42 Å². The molecule has 1 aromatic rings. The summed E-state index contributed by atoms with van der Waals surface area (Å²) in [4.78, 5) is 0. The highest BCUT2D eigenvalue weighted by molar-refractivity contribution is 5.20. The van der Waals surface area contributed by atoms with Gasteiger partial charge >= 0.3 is 0 Å². The van der Waals surface area contributed by atoms with Crippen LogP contribution in [0.25, 0.3) is 0 Å². The maximum Gasteiger partial charge on any atom is 0.104 e. The molecule has 0 spiro atoms. The van der Waals surface area contributed by atoms with Gasteiger partial charge in [-0.15, -0.1) is 0 Å². The zero-order chi connectivity index (χ0) is 8.43. The summed E-state index contributed by atoms with van der Waals surface area (Å²) in [6, 6.07) is 1.97. The lowest BCUT2D eigenvalue weighted by Crippen LogP contribution is -2.03. The van der Waals surface area contributed by atoms with Gasteiger partial charge in [-0.1, -0.05) is 0 Å². The molecule has 1 heterocycles. The third kappa shape index (κ3) is 2.09. The molecule has 62 valence electrons. The van der Waals surface area contributed by atoms with Gasteiger partial charge in [0.1, 0.15) is 11.5 Å². The fraction of sp³-hybridized carbons (Fsp3) is 0.556. The van der Waals surface area contributed by atoms with Crippen LogP contribution in [0, 0.1) is 13.8 Å². The Kier molecular flexibility index (Phi) is 2.35. The molecule has 2 heteroatoms. The van der Waals surface area contributed by atoms with E-state index in [1.807, 2.05) is 19.9 Å².